The van der Waals surface area contributed by atoms with Crippen LogP contribution in [0.1, 0.15) is 23.6 Å². The molecule has 1 unspecified atom stereocenters. The predicted octanol–water partition coefficient (Wildman–Crippen LogP) is 4.99. The lowest BCUT2D eigenvalue weighted by atomic mass is 9.91. The Morgan fingerprint density at radius 1 is 0.967 bits per heavy atom. The highest BCUT2D eigenvalue weighted by atomic mass is 35.5. The van der Waals surface area contributed by atoms with Crippen molar-refractivity contribution < 1.29 is 5.11 Å². The molecule has 148 valence electrons. The third-order valence-electron chi connectivity index (χ3n) is 5.38. The number of phenols is 1. The molecule has 1 aliphatic heterocycles. The number of fused-ring (bicyclic) bond motifs is 1. The fraction of sp³-hybridized carbons (Fsp3) is 0.0833. The second kappa shape index (κ2) is 7.35. The number of nitrogens with one attached hydrogen (secondary N) is 2. The van der Waals surface area contributed by atoms with Gasteiger partial charge in [0.2, 0.25) is 0 Å². The largest absolute Gasteiger partial charge is 0.508 e. The maximum atomic E-state index is 13.2. The number of aromatic hydroxyl groups is 1. The smallest absolute Gasteiger partial charge is 0.258 e. The number of rotatable bonds is 3. The van der Waals surface area contributed by atoms with Crippen LogP contribution in [0.3, 0.4) is 0 Å². The van der Waals surface area contributed by atoms with Gasteiger partial charge in [-0.05, 0) is 41.5 Å². The van der Waals surface area contributed by atoms with Crippen LogP contribution in [0.4, 0.5) is 0 Å². The maximum absolute atomic E-state index is 13.2. The quantitative estimate of drug-likeness (QED) is 0.441. The molecule has 1 aliphatic rings. The zero-order chi connectivity index (χ0) is 20.7. The first-order valence-corrected chi connectivity index (χ1v) is 10.0. The molecule has 0 aliphatic carbocycles. The van der Waals surface area contributed by atoms with Crippen LogP contribution in [-0.4, -0.2) is 15.8 Å². The van der Waals surface area contributed by atoms with Gasteiger partial charge in [-0.3, -0.25) is 4.79 Å². The molecule has 5 rings (SSSR count). The number of aromatic amines is 1. The van der Waals surface area contributed by atoms with Gasteiger partial charge in [0.05, 0.1) is 17.3 Å². The van der Waals surface area contributed by atoms with E-state index in [-0.39, 0.29) is 17.4 Å². The first-order chi connectivity index (χ1) is 14.6. The minimum atomic E-state index is -0.185. The standard InChI is InChI=1S/C24H18ClN3O2/c25-16-8-11-19-18(12-16)22(15-4-2-1-3-5-15)23(24(30)26-19)21-13-20(27-28-21)14-6-9-17(29)10-7-14/h1-12,20,27,29H,13H2,(H,26,30). The van der Waals surface area contributed by atoms with Crippen molar-refractivity contribution in [3.8, 4) is 16.9 Å². The highest BCUT2D eigenvalue weighted by molar-refractivity contribution is 6.31. The molecule has 3 N–H and O–H groups in total. The molecule has 6 heteroatoms. The molecular formula is C24H18ClN3O2. The van der Waals surface area contributed by atoms with Gasteiger partial charge >= 0.3 is 0 Å². The summed E-state index contributed by atoms with van der Waals surface area (Å²) in [5.74, 6) is 0.215. The number of nitrogens with zero attached hydrogens (tertiary/aromatic N) is 1. The first-order valence-electron chi connectivity index (χ1n) is 9.62. The fourth-order valence-corrected chi connectivity index (χ4v) is 4.11. The van der Waals surface area contributed by atoms with E-state index in [1.165, 1.54) is 0 Å². The minimum absolute atomic E-state index is 0.0707. The summed E-state index contributed by atoms with van der Waals surface area (Å²) < 4.78 is 0. The lowest BCUT2D eigenvalue weighted by Crippen LogP contribution is -2.20. The number of pyridine rings is 1. The lowest BCUT2D eigenvalue weighted by Gasteiger charge is -2.14. The Kier molecular flexibility index (Phi) is 4.52. The molecule has 0 fully saturated rings. The summed E-state index contributed by atoms with van der Waals surface area (Å²) in [7, 11) is 0. The Labute approximate surface area is 177 Å². The molecule has 3 aromatic carbocycles. The van der Waals surface area contributed by atoms with Crippen LogP contribution >= 0.6 is 11.6 Å². The summed E-state index contributed by atoms with van der Waals surface area (Å²) in [5, 5.41) is 15.5. The van der Waals surface area contributed by atoms with Crippen LogP contribution < -0.4 is 11.0 Å². The third-order valence-corrected chi connectivity index (χ3v) is 5.61. The van der Waals surface area contributed by atoms with Crippen molar-refractivity contribution in [2.45, 2.75) is 12.5 Å². The Morgan fingerprint density at radius 3 is 2.50 bits per heavy atom. The molecule has 4 aromatic rings. The Hall–Kier alpha value is -3.57. The van der Waals surface area contributed by atoms with Gasteiger partial charge in [0, 0.05) is 27.9 Å². The van der Waals surface area contributed by atoms with E-state index in [4.69, 9.17) is 11.6 Å². The van der Waals surface area contributed by atoms with Gasteiger partial charge in [-0.25, -0.2) is 0 Å². The average Bonchev–Trinajstić information content (AvgIpc) is 3.24. The molecule has 0 saturated heterocycles. The van der Waals surface area contributed by atoms with E-state index < -0.39 is 0 Å². The molecule has 0 radical (unpaired) electrons. The van der Waals surface area contributed by atoms with Crippen LogP contribution in [0.25, 0.3) is 22.0 Å². The van der Waals surface area contributed by atoms with Crippen molar-refractivity contribution in [3.05, 3.63) is 99.3 Å². The number of hydrogen-bond acceptors (Lipinski definition) is 4. The van der Waals surface area contributed by atoms with Crippen molar-refractivity contribution in [2.75, 3.05) is 0 Å². The van der Waals surface area contributed by atoms with Crippen LogP contribution in [-0.2, 0) is 0 Å². The molecule has 0 bridgehead atoms. The first kappa shape index (κ1) is 18.5. The molecule has 30 heavy (non-hydrogen) atoms. The normalized spacial score (nSPS) is 15.8. The number of halogens is 1. The number of phenolic OH excluding ortho intramolecular Hbond substituents is 1. The molecular weight excluding hydrogens is 398 g/mol. The Balaban J connectivity index is 1.67. The highest BCUT2D eigenvalue weighted by Gasteiger charge is 2.26. The zero-order valence-electron chi connectivity index (χ0n) is 15.9. The lowest BCUT2D eigenvalue weighted by molar-refractivity contribution is 0.474. The fourth-order valence-electron chi connectivity index (χ4n) is 3.94. The molecule has 5 nitrogen and oxygen atoms in total. The van der Waals surface area contributed by atoms with Gasteiger partial charge in [0.1, 0.15) is 5.75 Å². The van der Waals surface area contributed by atoms with Gasteiger partial charge in [-0.15, -0.1) is 0 Å². The van der Waals surface area contributed by atoms with Gasteiger partial charge < -0.3 is 15.5 Å². The predicted molar refractivity (Wildman–Crippen MR) is 120 cm³/mol. The number of hydrogen-bond donors (Lipinski definition) is 3. The second-order valence-electron chi connectivity index (χ2n) is 7.30. The van der Waals surface area contributed by atoms with Crippen molar-refractivity contribution in [1.29, 1.82) is 0 Å². The van der Waals surface area contributed by atoms with Gasteiger partial charge in [-0.2, -0.15) is 5.10 Å². The van der Waals surface area contributed by atoms with E-state index in [1.807, 2.05) is 54.6 Å². The maximum Gasteiger partial charge on any atom is 0.258 e. The van der Waals surface area contributed by atoms with E-state index in [0.717, 1.165) is 27.6 Å². The van der Waals surface area contributed by atoms with E-state index in [1.54, 1.807) is 18.2 Å². The Bertz CT molecular complexity index is 1330. The van der Waals surface area contributed by atoms with Crippen molar-refractivity contribution in [1.82, 2.24) is 10.4 Å². The Morgan fingerprint density at radius 2 is 1.73 bits per heavy atom. The zero-order valence-corrected chi connectivity index (χ0v) is 16.6. The van der Waals surface area contributed by atoms with Crippen LogP contribution in [0.15, 0.2) is 82.7 Å². The van der Waals surface area contributed by atoms with Crippen LogP contribution in [0, 0.1) is 0 Å². The molecule has 0 amide bonds. The van der Waals surface area contributed by atoms with Crippen LogP contribution in [0.2, 0.25) is 5.02 Å². The number of aromatic nitrogens is 1. The molecule has 0 spiro atoms. The summed E-state index contributed by atoms with van der Waals surface area (Å²) in [6.07, 6.45) is 0.555. The summed E-state index contributed by atoms with van der Waals surface area (Å²) in [6.45, 7) is 0. The van der Waals surface area contributed by atoms with Crippen LogP contribution in [0.5, 0.6) is 5.75 Å². The van der Waals surface area contributed by atoms with Gasteiger partial charge in [0.15, 0.2) is 0 Å². The van der Waals surface area contributed by atoms with Gasteiger partial charge in [-0.1, -0.05) is 54.1 Å². The summed E-state index contributed by atoms with van der Waals surface area (Å²) in [6, 6.07) is 22.2. The SMILES string of the molecule is O=c1[nH]c2ccc(Cl)cc2c(-c2ccccc2)c1C1=NNC(c2ccc(O)cc2)C1. The number of H-pyrrole nitrogens is 1. The van der Waals surface area contributed by atoms with Crippen molar-refractivity contribution in [2.24, 2.45) is 5.10 Å². The van der Waals surface area contributed by atoms with Crippen molar-refractivity contribution in [3.63, 3.8) is 0 Å². The summed E-state index contributed by atoms with van der Waals surface area (Å²) in [5.41, 5.74) is 7.66. The molecule has 2 heterocycles. The molecule has 0 saturated carbocycles. The summed E-state index contributed by atoms with van der Waals surface area (Å²) in [4.78, 5) is 16.1. The monoisotopic (exact) mass is 415 g/mol. The molecule has 1 atom stereocenters. The molecule has 1 aromatic heterocycles. The number of hydrazone groups is 1. The number of benzene rings is 3. The summed E-state index contributed by atoms with van der Waals surface area (Å²) >= 11 is 6.29. The van der Waals surface area contributed by atoms with E-state index in [9.17, 15) is 9.90 Å². The minimum Gasteiger partial charge on any atom is -0.508 e. The average molecular weight is 416 g/mol. The third kappa shape index (κ3) is 3.23. The van der Waals surface area contributed by atoms with E-state index in [2.05, 4.69) is 15.5 Å². The second-order valence-corrected chi connectivity index (χ2v) is 7.73. The van der Waals surface area contributed by atoms with Crippen molar-refractivity contribution >= 4 is 28.2 Å². The van der Waals surface area contributed by atoms with E-state index >= 15 is 0 Å². The highest BCUT2D eigenvalue weighted by Crippen LogP contribution is 2.34. The van der Waals surface area contributed by atoms with E-state index in [0.29, 0.717) is 22.7 Å². The topological polar surface area (TPSA) is 77.5 Å². The van der Waals surface area contributed by atoms with Gasteiger partial charge in [0.25, 0.3) is 5.56 Å².